The Hall–Kier alpha value is -2.97. The zero-order chi connectivity index (χ0) is 23.3. The van der Waals surface area contributed by atoms with Crippen LogP contribution in [0, 0.1) is 0 Å². The van der Waals surface area contributed by atoms with E-state index in [-0.39, 0.29) is 17.5 Å². The van der Waals surface area contributed by atoms with E-state index >= 15 is 0 Å². The number of hydrogen-bond donors (Lipinski definition) is 1. The summed E-state index contributed by atoms with van der Waals surface area (Å²) in [6, 6.07) is 8.03. The predicted molar refractivity (Wildman–Crippen MR) is 126 cm³/mol. The largest absolute Gasteiger partial charge is 0.490 e. The smallest absolute Gasteiger partial charge is 0.400 e. The molecule has 32 heavy (non-hydrogen) atoms. The predicted octanol–water partition coefficient (Wildman–Crippen LogP) is 3.89. The van der Waals surface area contributed by atoms with Gasteiger partial charge in [0.05, 0.1) is 16.9 Å². The molecule has 0 radical (unpaired) electrons. The van der Waals surface area contributed by atoms with E-state index in [0.29, 0.717) is 24.3 Å². The van der Waals surface area contributed by atoms with Gasteiger partial charge in [0.25, 0.3) is 5.91 Å². The molecule has 1 fully saturated rings. The van der Waals surface area contributed by atoms with Gasteiger partial charge in [-0.05, 0) is 57.3 Å². The molecule has 8 heteroatoms. The third-order valence-corrected chi connectivity index (χ3v) is 6.51. The molecule has 3 heterocycles. The maximum atomic E-state index is 13.5. The third kappa shape index (κ3) is 3.85. The number of rotatable bonds is 4. The number of benzene rings is 1. The molecule has 0 atom stereocenters. The highest BCUT2D eigenvalue weighted by molar-refractivity contribution is 6.55. The van der Waals surface area contributed by atoms with Gasteiger partial charge in [0.15, 0.2) is 0 Å². The molecule has 0 bridgehead atoms. The number of anilines is 1. The Balaban J connectivity index is 1.71. The number of amides is 1. The van der Waals surface area contributed by atoms with Crippen molar-refractivity contribution < 1.29 is 14.1 Å². The molecule has 1 saturated heterocycles. The molecule has 1 aromatic heterocycles. The van der Waals surface area contributed by atoms with Crippen molar-refractivity contribution in [1.29, 1.82) is 0 Å². The maximum absolute atomic E-state index is 13.5. The fourth-order valence-electron chi connectivity index (χ4n) is 3.92. The van der Waals surface area contributed by atoms with E-state index in [4.69, 9.17) is 15.0 Å². The molecule has 7 nitrogen and oxygen atoms in total. The average molecular weight is 432 g/mol. The summed E-state index contributed by atoms with van der Waals surface area (Å²) in [5.41, 5.74) is 9.38. The maximum Gasteiger partial charge on any atom is 0.490 e. The molecule has 1 amide bonds. The Labute approximate surface area is 189 Å². The number of nitrogen functional groups attached to an aromatic ring is 1. The molecule has 0 spiro atoms. The SMILES string of the molecule is C=Cc1nc(N)nc(C(=O)N2Cc3ccccc3C2)c1/C=C(\C)B1OC(C)(C)C(C)(C)O1. The van der Waals surface area contributed by atoms with E-state index in [2.05, 4.69) is 16.5 Å². The second-order valence-electron chi connectivity index (χ2n) is 9.34. The van der Waals surface area contributed by atoms with Gasteiger partial charge in [0, 0.05) is 18.7 Å². The van der Waals surface area contributed by atoms with Crippen molar-refractivity contribution in [3.8, 4) is 0 Å². The fourth-order valence-corrected chi connectivity index (χ4v) is 3.92. The van der Waals surface area contributed by atoms with Crippen LogP contribution in [0.1, 0.15) is 67.5 Å². The first kappa shape index (κ1) is 22.2. The standard InChI is InChI=1S/C24H29BN4O3/c1-7-19-18(12-15(2)25-31-23(3,4)24(5,6)32-25)20(28-22(26)27-19)21(30)29-13-16-10-8-9-11-17(16)14-29/h7-12H,1,13-14H2,2-6H3,(H2,26,27,28)/b15-12+. The van der Waals surface area contributed by atoms with Gasteiger partial charge in [-0.15, -0.1) is 0 Å². The number of nitrogens with zero attached hydrogens (tertiary/aromatic N) is 3. The topological polar surface area (TPSA) is 90.6 Å². The number of carbonyl (C=O) groups excluding carboxylic acids is 1. The van der Waals surface area contributed by atoms with Gasteiger partial charge in [0.2, 0.25) is 5.95 Å². The lowest BCUT2D eigenvalue weighted by molar-refractivity contribution is 0.00578. The van der Waals surface area contributed by atoms with Crippen molar-refractivity contribution in [2.24, 2.45) is 0 Å². The fraction of sp³-hybridized carbons (Fsp3) is 0.375. The van der Waals surface area contributed by atoms with Crippen LogP contribution in [-0.2, 0) is 22.4 Å². The van der Waals surface area contributed by atoms with Crippen LogP contribution < -0.4 is 5.73 Å². The van der Waals surface area contributed by atoms with Crippen molar-refractivity contribution in [1.82, 2.24) is 14.9 Å². The number of carbonyl (C=O) groups is 1. The lowest BCUT2D eigenvalue weighted by atomic mass is 9.78. The minimum Gasteiger partial charge on any atom is -0.400 e. The molecule has 2 aliphatic heterocycles. The van der Waals surface area contributed by atoms with Gasteiger partial charge in [0.1, 0.15) is 5.69 Å². The van der Waals surface area contributed by atoms with E-state index < -0.39 is 18.3 Å². The van der Waals surface area contributed by atoms with Gasteiger partial charge in [-0.3, -0.25) is 4.79 Å². The van der Waals surface area contributed by atoms with Crippen LogP contribution in [0.2, 0.25) is 0 Å². The van der Waals surface area contributed by atoms with Crippen molar-refractivity contribution in [3.63, 3.8) is 0 Å². The molecule has 2 aliphatic rings. The van der Waals surface area contributed by atoms with Gasteiger partial charge in [-0.25, -0.2) is 9.97 Å². The Morgan fingerprint density at radius 3 is 2.22 bits per heavy atom. The Morgan fingerprint density at radius 1 is 1.12 bits per heavy atom. The average Bonchev–Trinajstić information content (AvgIpc) is 3.26. The molecule has 4 rings (SSSR count). The Morgan fingerprint density at radius 2 is 1.69 bits per heavy atom. The third-order valence-electron chi connectivity index (χ3n) is 6.51. The summed E-state index contributed by atoms with van der Waals surface area (Å²) in [6.07, 6.45) is 3.42. The summed E-state index contributed by atoms with van der Waals surface area (Å²) < 4.78 is 12.3. The number of fused-ring (bicyclic) bond motifs is 1. The van der Waals surface area contributed by atoms with Crippen LogP contribution >= 0.6 is 0 Å². The Kier molecular flexibility index (Phi) is 5.47. The summed E-state index contributed by atoms with van der Waals surface area (Å²) in [5, 5.41) is 0. The van der Waals surface area contributed by atoms with Crippen molar-refractivity contribution in [3.05, 3.63) is 64.4 Å². The summed E-state index contributed by atoms with van der Waals surface area (Å²) in [7, 11) is -0.547. The van der Waals surface area contributed by atoms with E-state index in [1.54, 1.807) is 11.0 Å². The zero-order valence-electron chi connectivity index (χ0n) is 19.3. The summed E-state index contributed by atoms with van der Waals surface area (Å²) in [5.74, 6) is -0.170. The number of allylic oxidation sites excluding steroid dienone is 1. The van der Waals surface area contributed by atoms with E-state index in [9.17, 15) is 4.79 Å². The first-order valence-electron chi connectivity index (χ1n) is 10.7. The number of nitrogens with two attached hydrogens (primary N) is 1. The minimum absolute atomic E-state index is 0.0328. The normalized spacial score (nSPS) is 19.2. The molecule has 2 aromatic rings. The van der Waals surface area contributed by atoms with E-state index in [1.807, 2.05) is 65.0 Å². The second kappa shape index (κ2) is 7.87. The molecular formula is C24H29BN4O3. The molecule has 1 aromatic carbocycles. The molecule has 0 saturated carbocycles. The first-order chi connectivity index (χ1) is 15.0. The van der Waals surface area contributed by atoms with Crippen LogP contribution in [0.25, 0.3) is 12.2 Å². The highest BCUT2D eigenvalue weighted by Gasteiger charge is 2.51. The molecule has 0 unspecified atom stereocenters. The number of hydrogen-bond acceptors (Lipinski definition) is 6. The summed E-state index contributed by atoms with van der Waals surface area (Å²) >= 11 is 0. The summed E-state index contributed by atoms with van der Waals surface area (Å²) in [6.45, 7) is 14.8. The van der Waals surface area contributed by atoms with Crippen LogP contribution in [-0.4, -0.2) is 39.1 Å². The van der Waals surface area contributed by atoms with Crippen LogP contribution in [0.3, 0.4) is 0 Å². The molecule has 0 aliphatic carbocycles. The van der Waals surface area contributed by atoms with Crippen LogP contribution in [0.15, 0.2) is 36.3 Å². The second-order valence-corrected chi connectivity index (χ2v) is 9.34. The molecule has 166 valence electrons. The number of aromatic nitrogens is 2. The first-order valence-corrected chi connectivity index (χ1v) is 10.7. The summed E-state index contributed by atoms with van der Waals surface area (Å²) in [4.78, 5) is 23.9. The van der Waals surface area contributed by atoms with Crippen molar-refractivity contribution >= 4 is 31.1 Å². The van der Waals surface area contributed by atoms with Crippen molar-refractivity contribution in [2.75, 3.05) is 5.73 Å². The van der Waals surface area contributed by atoms with Crippen molar-refractivity contribution in [2.45, 2.75) is 58.9 Å². The lowest BCUT2D eigenvalue weighted by Gasteiger charge is -2.32. The van der Waals surface area contributed by atoms with E-state index in [0.717, 1.165) is 16.6 Å². The van der Waals surface area contributed by atoms with Gasteiger partial charge in [-0.1, -0.05) is 36.9 Å². The minimum atomic E-state index is -0.547. The van der Waals surface area contributed by atoms with E-state index in [1.165, 1.54) is 0 Å². The zero-order valence-corrected chi connectivity index (χ0v) is 19.3. The lowest BCUT2D eigenvalue weighted by Crippen LogP contribution is -2.41. The monoisotopic (exact) mass is 432 g/mol. The quantitative estimate of drug-likeness (QED) is 0.738. The highest BCUT2D eigenvalue weighted by atomic mass is 16.7. The van der Waals surface area contributed by atoms with Gasteiger partial charge >= 0.3 is 7.12 Å². The van der Waals surface area contributed by atoms with Gasteiger partial charge < -0.3 is 19.9 Å². The van der Waals surface area contributed by atoms with Crippen LogP contribution in [0.4, 0.5) is 5.95 Å². The highest BCUT2D eigenvalue weighted by Crippen LogP contribution is 2.39. The molecular weight excluding hydrogens is 403 g/mol. The molecule has 2 N–H and O–H groups in total. The van der Waals surface area contributed by atoms with Gasteiger partial charge in [-0.2, -0.15) is 0 Å². The Bertz CT molecular complexity index is 1090. The van der Waals surface area contributed by atoms with Crippen LogP contribution in [0.5, 0.6) is 0 Å².